The molecule has 116 valence electrons. The summed E-state index contributed by atoms with van der Waals surface area (Å²) in [7, 11) is 0. The summed E-state index contributed by atoms with van der Waals surface area (Å²) in [6.07, 6.45) is 0. The highest BCUT2D eigenvalue weighted by molar-refractivity contribution is 5.88. The van der Waals surface area contributed by atoms with Crippen molar-refractivity contribution in [1.82, 2.24) is 10.3 Å². The van der Waals surface area contributed by atoms with Gasteiger partial charge in [-0.15, -0.1) is 0 Å². The number of benzene rings is 1. The number of nitrogens with zero attached hydrogens (tertiary/aromatic N) is 1. The molecule has 5 heteroatoms. The highest BCUT2D eigenvalue weighted by atomic mass is 16.5. The standard InChI is InChI=1S/C17H21N3O2/c1-11-8-9-12(2)16(14(11)4)22-10-18-17(21)20-15-7-5-6-13(3)19-15/h5-9H,10H2,1-4H3,(H2,18,19,20,21). The Bertz CT molecular complexity index is 684. The number of aryl methyl sites for hydroxylation is 3. The number of anilines is 1. The van der Waals surface area contributed by atoms with Gasteiger partial charge in [-0.25, -0.2) is 9.78 Å². The lowest BCUT2D eigenvalue weighted by Crippen LogP contribution is -2.32. The molecule has 0 aliphatic heterocycles. The van der Waals surface area contributed by atoms with Crippen LogP contribution in [0.2, 0.25) is 0 Å². The van der Waals surface area contributed by atoms with Crippen LogP contribution in [0.25, 0.3) is 0 Å². The number of carbonyl (C=O) groups is 1. The van der Waals surface area contributed by atoms with Gasteiger partial charge in [0.25, 0.3) is 0 Å². The lowest BCUT2D eigenvalue weighted by molar-refractivity contribution is 0.234. The summed E-state index contributed by atoms with van der Waals surface area (Å²) in [5.41, 5.74) is 4.14. The van der Waals surface area contributed by atoms with Crippen molar-refractivity contribution in [2.75, 3.05) is 12.0 Å². The van der Waals surface area contributed by atoms with Crippen molar-refractivity contribution in [2.24, 2.45) is 0 Å². The summed E-state index contributed by atoms with van der Waals surface area (Å²) in [5, 5.41) is 5.33. The van der Waals surface area contributed by atoms with Crippen LogP contribution in [0.4, 0.5) is 10.6 Å². The summed E-state index contributed by atoms with van der Waals surface area (Å²) in [5.74, 6) is 1.33. The first kappa shape index (κ1) is 15.8. The topological polar surface area (TPSA) is 63.2 Å². The number of nitrogens with one attached hydrogen (secondary N) is 2. The number of rotatable bonds is 4. The highest BCUT2D eigenvalue weighted by Crippen LogP contribution is 2.25. The number of hydrogen-bond acceptors (Lipinski definition) is 3. The second kappa shape index (κ2) is 6.93. The molecule has 0 saturated heterocycles. The van der Waals surface area contributed by atoms with Crippen LogP contribution in [0.3, 0.4) is 0 Å². The van der Waals surface area contributed by atoms with Crippen molar-refractivity contribution in [2.45, 2.75) is 27.7 Å². The molecule has 5 nitrogen and oxygen atoms in total. The maximum absolute atomic E-state index is 11.8. The number of carbonyl (C=O) groups excluding carboxylic acids is 1. The maximum Gasteiger partial charge on any atom is 0.323 e. The molecule has 2 N–H and O–H groups in total. The molecule has 0 spiro atoms. The lowest BCUT2D eigenvalue weighted by atomic mass is 10.1. The first-order valence-electron chi connectivity index (χ1n) is 7.15. The number of ether oxygens (including phenoxy) is 1. The third-order valence-corrected chi connectivity index (χ3v) is 3.45. The zero-order valence-electron chi connectivity index (χ0n) is 13.4. The van der Waals surface area contributed by atoms with Gasteiger partial charge in [-0.05, 0) is 56.5 Å². The average Bonchev–Trinajstić information content (AvgIpc) is 2.47. The molecule has 0 unspecified atom stereocenters. The fourth-order valence-electron chi connectivity index (χ4n) is 2.09. The quantitative estimate of drug-likeness (QED) is 0.850. The molecule has 0 atom stereocenters. The van der Waals surface area contributed by atoms with E-state index >= 15 is 0 Å². The molecule has 0 bridgehead atoms. The van der Waals surface area contributed by atoms with Crippen molar-refractivity contribution in [1.29, 1.82) is 0 Å². The van der Waals surface area contributed by atoms with E-state index < -0.39 is 0 Å². The molecule has 0 radical (unpaired) electrons. The van der Waals surface area contributed by atoms with Crippen LogP contribution in [0.1, 0.15) is 22.4 Å². The lowest BCUT2D eigenvalue weighted by Gasteiger charge is -2.14. The molecular formula is C17H21N3O2. The number of pyridine rings is 1. The van der Waals surface area contributed by atoms with Gasteiger partial charge in [0.2, 0.25) is 0 Å². The molecule has 1 aromatic heterocycles. The predicted molar refractivity (Wildman–Crippen MR) is 87.3 cm³/mol. The van der Waals surface area contributed by atoms with E-state index in [9.17, 15) is 4.79 Å². The van der Waals surface area contributed by atoms with Crippen LogP contribution in [0.5, 0.6) is 5.75 Å². The maximum atomic E-state index is 11.8. The van der Waals surface area contributed by atoms with Crippen molar-refractivity contribution in [3.63, 3.8) is 0 Å². The van der Waals surface area contributed by atoms with Gasteiger partial charge in [0, 0.05) is 5.69 Å². The minimum absolute atomic E-state index is 0.1000. The van der Waals surface area contributed by atoms with Crippen molar-refractivity contribution in [3.05, 3.63) is 52.7 Å². The first-order chi connectivity index (χ1) is 10.5. The van der Waals surface area contributed by atoms with E-state index in [4.69, 9.17) is 4.74 Å². The monoisotopic (exact) mass is 299 g/mol. The van der Waals surface area contributed by atoms with Crippen LogP contribution in [-0.2, 0) is 0 Å². The van der Waals surface area contributed by atoms with Crippen LogP contribution in [0.15, 0.2) is 30.3 Å². The van der Waals surface area contributed by atoms with Gasteiger partial charge < -0.3 is 10.1 Å². The van der Waals surface area contributed by atoms with Crippen molar-refractivity contribution in [3.8, 4) is 5.75 Å². The third kappa shape index (κ3) is 3.97. The van der Waals surface area contributed by atoms with E-state index in [1.165, 1.54) is 0 Å². The number of urea groups is 1. The Balaban J connectivity index is 1.89. The normalized spacial score (nSPS) is 10.2. The highest BCUT2D eigenvalue weighted by Gasteiger charge is 2.07. The molecule has 2 rings (SSSR count). The third-order valence-electron chi connectivity index (χ3n) is 3.45. The summed E-state index contributed by atoms with van der Waals surface area (Å²) >= 11 is 0. The fraction of sp³-hybridized carbons (Fsp3) is 0.294. The van der Waals surface area contributed by atoms with E-state index in [1.54, 1.807) is 6.07 Å². The van der Waals surface area contributed by atoms with Crippen LogP contribution in [0, 0.1) is 27.7 Å². The summed E-state index contributed by atoms with van der Waals surface area (Å²) < 4.78 is 5.69. The molecule has 22 heavy (non-hydrogen) atoms. The van der Waals surface area contributed by atoms with Gasteiger partial charge in [0.15, 0.2) is 6.73 Å². The van der Waals surface area contributed by atoms with Crippen molar-refractivity contribution < 1.29 is 9.53 Å². The van der Waals surface area contributed by atoms with Crippen LogP contribution < -0.4 is 15.4 Å². The first-order valence-corrected chi connectivity index (χ1v) is 7.15. The molecular weight excluding hydrogens is 278 g/mol. The minimum atomic E-state index is -0.346. The smallest absolute Gasteiger partial charge is 0.323 e. The molecule has 0 aliphatic carbocycles. The molecule has 1 aromatic carbocycles. The van der Waals surface area contributed by atoms with E-state index in [1.807, 2.05) is 45.9 Å². The Kier molecular flexibility index (Phi) is 4.99. The number of hydrogen-bond donors (Lipinski definition) is 2. The SMILES string of the molecule is Cc1cccc(NC(=O)NCOc2c(C)ccc(C)c2C)n1. The van der Waals surface area contributed by atoms with Crippen LogP contribution in [-0.4, -0.2) is 17.7 Å². The van der Waals surface area contributed by atoms with Gasteiger partial charge >= 0.3 is 6.03 Å². The van der Waals surface area contributed by atoms with E-state index in [-0.39, 0.29) is 12.8 Å². The Morgan fingerprint density at radius 2 is 1.82 bits per heavy atom. The fourth-order valence-corrected chi connectivity index (χ4v) is 2.09. The second-order valence-electron chi connectivity index (χ2n) is 5.24. The number of aromatic nitrogens is 1. The Labute approximate surface area is 130 Å². The summed E-state index contributed by atoms with van der Waals surface area (Å²) in [6, 6.07) is 9.17. The molecule has 2 aromatic rings. The number of amides is 2. The molecule has 0 fully saturated rings. The van der Waals surface area contributed by atoms with Gasteiger partial charge in [-0.3, -0.25) is 5.32 Å². The molecule has 0 aliphatic rings. The van der Waals surface area contributed by atoms with Gasteiger partial charge in [0.1, 0.15) is 11.6 Å². The molecule has 0 saturated carbocycles. The van der Waals surface area contributed by atoms with Gasteiger partial charge in [-0.1, -0.05) is 18.2 Å². The molecule has 1 heterocycles. The molecule has 2 amide bonds. The zero-order valence-corrected chi connectivity index (χ0v) is 13.4. The Hall–Kier alpha value is -2.56. The Morgan fingerprint density at radius 1 is 1.09 bits per heavy atom. The predicted octanol–water partition coefficient (Wildman–Crippen LogP) is 3.47. The van der Waals surface area contributed by atoms with Crippen molar-refractivity contribution >= 4 is 11.8 Å². The van der Waals surface area contributed by atoms with E-state index in [2.05, 4.69) is 21.7 Å². The summed E-state index contributed by atoms with van der Waals surface area (Å²) in [4.78, 5) is 16.0. The van der Waals surface area contributed by atoms with Gasteiger partial charge in [-0.2, -0.15) is 0 Å². The van der Waals surface area contributed by atoms with E-state index in [0.29, 0.717) is 5.82 Å². The largest absolute Gasteiger partial charge is 0.473 e. The Morgan fingerprint density at radius 3 is 2.55 bits per heavy atom. The van der Waals surface area contributed by atoms with Gasteiger partial charge in [0.05, 0.1) is 0 Å². The zero-order chi connectivity index (χ0) is 16.1. The van der Waals surface area contributed by atoms with Crippen LogP contribution >= 0.6 is 0 Å². The second-order valence-corrected chi connectivity index (χ2v) is 5.24. The average molecular weight is 299 g/mol. The minimum Gasteiger partial charge on any atom is -0.473 e. The van der Waals surface area contributed by atoms with E-state index in [0.717, 1.165) is 28.1 Å². The summed E-state index contributed by atoms with van der Waals surface area (Å²) in [6.45, 7) is 8.00.